The molecule has 0 fully saturated rings. The predicted octanol–water partition coefficient (Wildman–Crippen LogP) is -0.253. The van der Waals surface area contributed by atoms with Gasteiger partial charge in [0.2, 0.25) is 0 Å². The molecule has 1 rings (SSSR count). The Bertz CT molecular complexity index is 405. The highest BCUT2D eigenvalue weighted by molar-refractivity contribution is 5.91. The summed E-state index contributed by atoms with van der Waals surface area (Å²) in [6.45, 7) is 0.337. The first-order valence-corrected chi connectivity index (χ1v) is 5.03. The van der Waals surface area contributed by atoms with Gasteiger partial charge in [-0.3, -0.25) is 9.59 Å². The zero-order valence-corrected chi connectivity index (χ0v) is 9.67. The lowest BCUT2D eigenvalue weighted by molar-refractivity contribution is -0.136. The first kappa shape index (κ1) is 12.9. The summed E-state index contributed by atoms with van der Waals surface area (Å²) < 4.78 is 0. The Morgan fingerprint density at radius 3 is 2.59 bits per heavy atom. The topological polar surface area (TPSA) is 95.4 Å². The van der Waals surface area contributed by atoms with Crippen LogP contribution in [-0.2, 0) is 4.79 Å². The van der Waals surface area contributed by atoms with Gasteiger partial charge in [-0.15, -0.1) is 10.2 Å². The second-order valence-corrected chi connectivity index (χ2v) is 3.42. The maximum Gasteiger partial charge on any atom is 0.305 e. The molecule has 1 aromatic rings. The lowest BCUT2D eigenvalue weighted by Gasteiger charge is -2.15. The van der Waals surface area contributed by atoms with Crippen molar-refractivity contribution < 1.29 is 14.7 Å². The Balaban J connectivity index is 2.66. The third-order valence-electron chi connectivity index (χ3n) is 2.16. The molecule has 0 unspecified atom stereocenters. The summed E-state index contributed by atoms with van der Waals surface area (Å²) in [4.78, 5) is 23.3. The Hall–Kier alpha value is -2.18. The highest BCUT2D eigenvalue weighted by atomic mass is 16.4. The van der Waals surface area contributed by atoms with Gasteiger partial charge in [0.05, 0.1) is 6.42 Å². The zero-order valence-electron chi connectivity index (χ0n) is 9.67. The number of nitrogens with zero attached hydrogens (tertiary/aromatic N) is 3. The van der Waals surface area contributed by atoms with E-state index in [1.165, 1.54) is 7.05 Å². The fraction of sp³-hybridized carbons (Fsp3) is 0.400. The van der Waals surface area contributed by atoms with Gasteiger partial charge in [-0.05, 0) is 12.1 Å². The van der Waals surface area contributed by atoms with Crippen molar-refractivity contribution in [2.75, 3.05) is 25.5 Å². The lowest BCUT2D eigenvalue weighted by Crippen LogP contribution is -2.24. The number of rotatable bonds is 5. The highest BCUT2D eigenvalue weighted by Gasteiger charge is 2.08. The van der Waals surface area contributed by atoms with Crippen molar-refractivity contribution in [2.45, 2.75) is 6.42 Å². The molecule has 0 saturated carbocycles. The summed E-state index contributed by atoms with van der Waals surface area (Å²) in [7, 11) is 3.23. The number of carbonyl (C=O) groups excluding carboxylic acids is 1. The molecule has 92 valence electrons. The number of carbonyl (C=O) groups is 2. The molecule has 1 amide bonds. The number of hydrogen-bond acceptors (Lipinski definition) is 5. The standard InChI is InChI=1S/C10H14N4O3/c1-11-10(17)7-3-4-8(13-12-7)14(2)6-5-9(15)16/h3-4H,5-6H2,1-2H3,(H,11,17)(H,15,16). The maximum atomic E-state index is 11.2. The maximum absolute atomic E-state index is 11.2. The van der Waals surface area contributed by atoms with Gasteiger partial charge in [-0.1, -0.05) is 0 Å². The van der Waals surface area contributed by atoms with E-state index in [1.807, 2.05) is 0 Å². The van der Waals surface area contributed by atoms with Gasteiger partial charge in [0.15, 0.2) is 11.5 Å². The van der Waals surface area contributed by atoms with E-state index in [1.54, 1.807) is 24.1 Å². The van der Waals surface area contributed by atoms with Gasteiger partial charge in [-0.2, -0.15) is 0 Å². The van der Waals surface area contributed by atoms with E-state index in [9.17, 15) is 9.59 Å². The summed E-state index contributed by atoms with van der Waals surface area (Å²) >= 11 is 0. The number of hydrogen-bond donors (Lipinski definition) is 2. The number of anilines is 1. The van der Waals surface area contributed by atoms with Crippen LogP contribution in [0, 0.1) is 0 Å². The number of aliphatic carboxylic acids is 1. The number of amides is 1. The number of carboxylic acid groups (broad SMARTS) is 1. The van der Waals surface area contributed by atoms with Crippen LogP contribution in [0.1, 0.15) is 16.9 Å². The number of nitrogens with one attached hydrogen (secondary N) is 1. The quantitative estimate of drug-likeness (QED) is 0.734. The third kappa shape index (κ3) is 3.71. The molecule has 2 N–H and O–H groups in total. The fourth-order valence-corrected chi connectivity index (χ4v) is 1.16. The molecule has 0 saturated heterocycles. The minimum atomic E-state index is -0.869. The van der Waals surface area contributed by atoms with Crippen LogP contribution in [0.15, 0.2) is 12.1 Å². The minimum Gasteiger partial charge on any atom is -0.481 e. The monoisotopic (exact) mass is 238 g/mol. The number of aromatic nitrogens is 2. The van der Waals surface area contributed by atoms with Crippen LogP contribution in [0.25, 0.3) is 0 Å². The molecule has 0 aliphatic heterocycles. The Kier molecular flexibility index (Phi) is 4.38. The molecule has 0 radical (unpaired) electrons. The molecule has 1 aromatic heterocycles. The Morgan fingerprint density at radius 2 is 2.12 bits per heavy atom. The van der Waals surface area contributed by atoms with Gasteiger partial charge in [-0.25, -0.2) is 0 Å². The second kappa shape index (κ2) is 5.78. The summed E-state index contributed by atoms with van der Waals surface area (Å²) in [6.07, 6.45) is 0.0232. The summed E-state index contributed by atoms with van der Waals surface area (Å²) in [5.74, 6) is -0.650. The molecule has 7 heteroatoms. The predicted molar refractivity (Wildman–Crippen MR) is 60.9 cm³/mol. The average Bonchev–Trinajstić information content (AvgIpc) is 2.35. The first-order chi connectivity index (χ1) is 8.04. The van der Waals surface area contributed by atoms with Gasteiger partial charge < -0.3 is 15.3 Å². The molecular weight excluding hydrogens is 224 g/mol. The van der Waals surface area contributed by atoms with Crippen LogP contribution in [0.4, 0.5) is 5.82 Å². The average molecular weight is 238 g/mol. The Morgan fingerprint density at radius 1 is 1.41 bits per heavy atom. The van der Waals surface area contributed by atoms with Crippen molar-refractivity contribution in [1.82, 2.24) is 15.5 Å². The van der Waals surface area contributed by atoms with E-state index >= 15 is 0 Å². The number of carboxylic acids is 1. The van der Waals surface area contributed by atoms with Crippen molar-refractivity contribution in [1.29, 1.82) is 0 Å². The van der Waals surface area contributed by atoms with E-state index in [-0.39, 0.29) is 18.0 Å². The van der Waals surface area contributed by atoms with Crippen molar-refractivity contribution in [3.63, 3.8) is 0 Å². The molecule has 0 aliphatic rings. The van der Waals surface area contributed by atoms with Crippen molar-refractivity contribution in [3.8, 4) is 0 Å². The van der Waals surface area contributed by atoms with Crippen molar-refractivity contribution >= 4 is 17.7 Å². The van der Waals surface area contributed by atoms with Crippen LogP contribution < -0.4 is 10.2 Å². The second-order valence-electron chi connectivity index (χ2n) is 3.42. The van der Waals surface area contributed by atoms with Crippen LogP contribution in [0.5, 0.6) is 0 Å². The summed E-state index contributed by atoms with van der Waals surface area (Å²) in [6, 6.07) is 3.16. The van der Waals surface area contributed by atoms with Crippen molar-refractivity contribution in [3.05, 3.63) is 17.8 Å². The van der Waals surface area contributed by atoms with E-state index in [0.717, 1.165) is 0 Å². The van der Waals surface area contributed by atoms with Crippen LogP contribution in [-0.4, -0.2) is 47.8 Å². The smallest absolute Gasteiger partial charge is 0.305 e. The normalized spacial score (nSPS) is 9.76. The molecule has 0 aliphatic carbocycles. The largest absolute Gasteiger partial charge is 0.481 e. The van der Waals surface area contributed by atoms with Gasteiger partial charge in [0.1, 0.15) is 0 Å². The van der Waals surface area contributed by atoms with E-state index in [2.05, 4.69) is 15.5 Å². The fourth-order valence-electron chi connectivity index (χ4n) is 1.16. The third-order valence-corrected chi connectivity index (χ3v) is 2.16. The molecule has 1 heterocycles. The van der Waals surface area contributed by atoms with Crippen molar-refractivity contribution in [2.24, 2.45) is 0 Å². The molecule has 7 nitrogen and oxygen atoms in total. The molecule has 0 spiro atoms. The van der Waals surface area contributed by atoms with E-state index in [0.29, 0.717) is 12.4 Å². The zero-order chi connectivity index (χ0) is 12.8. The van der Waals surface area contributed by atoms with Gasteiger partial charge in [0.25, 0.3) is 5.91 Å². The van der Waals surface area contributed by atoms with E-state index < -0.39 is 5.97 Å². The van der Waals surface area contributed by atoms with Crippen LogP contribution >= 0.6 is 0 Å². The molecule has 0 bridgehead atoms. The summed E-state index contributed by atoms with van der Waals surface area (Å²) in [5.41, 5.74) is 0.225. The first-order valence-electron chi connectivity index (χ1n) is 5.03. The molecule has 17 heavy (non-hydrogen) atoms. The highest BCUT2D eigenvalue weighted by Crippen LogP contribution is 2.07. The van der Waals surface area contributed by atoms with Gasteiger partial charge >= 0.3 is 5.97 Å². The molecule has 0 atom stereocenters. The van der Waals surface area contributed by atoms with Crippen LogP contribution in [0.3, 0.4) is 0 Å². The lowest BCUT2D eigenvalue weighted by atomic mass is 10.3. The van der Waals surface area contributed by atoms with E-state index in [4.69, 9.17) is 5.11 Å². The summed E-state index contributed by atoms with van der Waals surface area (Å²) in [5, 5.41) is 18.6. The van der Waals surface area contributed by atoms with Gasteiger partial charge in [0, 0.05) is 20.6 Å². The molecular formula is C10H14N4O3. The SMILES string of the molecule is CNC(=O)c1ccc(N(C)CCC(=O)O)nn1. The molecule has 0 aromatic carbocycles. The minimum absolute atomic E-state index is 0.0232. The Labute approximate surface area is 98.5 Å². The van der Waals surface area contributed by atoms with Crippen LogP contribution in [0.2, 0.25) is 0 Å².